The molecule has 0 spiro atoms. The zero-order valence-corrected chi connectivity index (χ0v) is 14.5. The molecule has 7 heteroatoms. The number of pyridine rings is 1. The van der Waals surface area contributed by atoms with Gasteiger partial charge in [-0.3, -0.25) is 4.79 Å². The first kappa shape index (κ1) is 18.2. The number of ether oxygens (including phenoxy) is 1. The highest BCUT2D eigenvalue weighted by atomic mass is 19.1. The van der Waals surface area contributed by atoms with Crippen molar-refractivity contribution < 1.29 is 13.9 Å². The van der Waals surface area contributed by atoms with Crippen LogP contribution in [0.5, 0.6) is 5.75 Å². The molecule has 1 aromatic carbocycles. The van der Waals surface area contributed by atoms with Crippen molar-refractivity contribution in [1.29, 1.82) is 5.26 Å². The molecule has 0 aliphatic carbocycles. The van der Waals surface area contributed by atoms with E-state index in [9.17, 15) is 9.18 Å². The maximum absolute atomic E-state index is 13.5. The van der Waals surface area contributed by atoms with Crippen LogP contribution in [0.25, 0.3) is 0 Å². The van der Waals surface area contributed by atoms with Crippen LogP contribution in [0.4, 0.5) is 15.9 Å². The fraction of sp³-hybridized carbons (Fsp3) is 0.278. The topological polar surface area (TPSA) is 87.0 Å². The van der Waals surface area contributed by atoms with Crippen LogP contribution in [-0.2, 0) is 0 Å². The predicted molar refractivity (Wildman–Crippen MR) is 92.4 cm³/mol. The highest BCUT2D eigenvalue weighted by molar-refractivity contribution is 5.95. The summed E-state index contributed by atoms with van der Waals surface area (Å²) in [4.78, 5) is 16.7. The first-order chi connectivity index (χ1) is 11.7. The molecule has 1 amide bonds. The second-order valence-corrected chi connectivity index (χ2v) is 6.42. The number of methoxy groups -OCH3 is 1. The summed E-state index contributed by atoms with van der Waals surface area (Å²) in [6.07, 6.45) is 0. The number of nitrogens with zero attached hydrogens (tertiary/aromatic N) is 2. The number of aromatic nitrogens is 1. The maximum atomic E-state index is 13.5. The lowest BCUT2D eigenvalue weighted by atomic mass is 10.1. The van der Waals surface area contributed by atoms with E-state index < -0.39 is 11.4 Å². The number of carbonyl (C=O) groups is 1. The van der Waals surface area contributed by atoms with Crippen LogP contribution < -0.4 is 15.4 Å². The second-order valence-electron chi connectivity index (χ2n) is 6.42. The highest BCUT2D eigenvalue weighted by Gasteiger charge is 2.20. The van der Waals surface area contributed by atoms with Crippen LogP contribution in [-0.4, -0.2) is 23.5 Å². The molecule has 1 heterocycles. The van der Waals surface area contributed by atoms with E-state index in [2.05, 4.69) is 15.6 Å². The minimum atomic E-state index is -0.541. The third-order valence-corrected chi connectivity index (χ3v) is 3.08. The summed E-state index contributed by atoms with van der Waals surface area (Å²) in [5, 5.41) is 14.6. The van der Waals surface area contributed by atoms with Crippen LogP contribution in [0.15, 0.2) is 30.3 Å². The minimum absolute atomic E-state index is 0.110. The Morgan fingerprint density at radius 3 is 2.60 bits per heavy atom. The molecule has 2 rings (SSSR count). The van der Waals surface area contributed by atoms with Crippen molar-refractivity contribution in [3.05, 3.63) is 47.4 Å². The van der Waals surface area contributed by atoms with E-state index in [1.807, 2.05) is 26.8 Å². The van der Waals surface area contributed by atoms with Gasteiger partial charge in [0.05, 0.1) is 18.7 Å². The number of amides is 1. The number of hydrogen-bond acceptors (Lipinski definition) is 5. The van der Waals surface area contributed by atoms with E-state index in [1.54, 1.807) is 12.1 Å². The number of nitrogens with one attached hydrogen (secondary N) is 2. The normalized spacial score (nSPS) is 10.7. The van der Waals surface area contributed by atoms with E-state index in [0.29, 0.717) is 17.3 Å². The molecule has 0 saturated heterocycles. The molecule has 0 radical (unpaired) electrons. The van der Waals surface area contributed by atoms with E-state index in [4.69, 9.17) is 10.00 Å². The number of carbonyl (C=O) groups excluding carboxylic acids is 1. The Bertz CT molecular complexity index is 838. The Morgan fingerprint density at radius 2 is 2.00 bits per heavy atom. The number of benzene rings is 1. The fourth-order valence-electron chi connectivity index (χ4n) is 2.12. The quantitative estimate of drug-likeness (QED) is 0.889. The molecule has 0 atom stereocenters. The van der Waals surface area contributed by atoms with Gasteiger partial charge in [-0.05, 0) is 51.1 Å². The summed E-state index contributed by atoms with van der Waals surface area (Å²) in [5.41, 5.74) is 0.217. The SMILES string of the molecule is COc1ccc(Nc2cc(F)cc(C#N)c2)nc1C(=O)NC(C)(C)C. The van der Waals surface area contributed by atoms with Crippen molar-refractivity contribution in [3.63, 3.8) is 0 Å². The van der Waals surface area contributed by atoms with E-state index in [1.165, 1.54) is 19.2 Å². The number of rotatable bonds is 4. The molecular weight excluding hydrogens is 323 g/mol. The highest BCUT2D eigenvalue weighted by Crippen LogP contribution is 2.23. The van der Waals surface area contributed by atoms with Gasteiger partial charge in [-0.1, -0.05) is 0 Å². The molecular formula is C18H19FN4O2. The maximum Gasteiger partial charge on any atom is 0.274 e. The standard InChI is InChI=1S/C18H19FN4O2/c1-18(2,3)23-17(24)16-14(25-4)5-6-15(22-16)21-13-8-11(10-20)7-12(19)9-13/h5-9H,1-4H3,(H,21,22)(H,23,24). The van der Waals surface area contributed by atoms with Crippen LogP contribution in [0.2, 0.25) is 0 Å². The van der Waals surface area contributed by atoms with Crippen LogP contribution in [0.1, 0.15) is 36.8 Å². The van der Waals surface area contributed by atoms with Crippen molar-refractivity contribution >= 4 is 17.4 Å². The third-order valence-electron chi connectivity index (χ3n) is 3.08. The molecule has 130 valence electrons. The molecule has 6 nitrogen and oxygen atoms in total. The third kappa shape index (κ3) is 4.91. The Morgan fingerprint density at radius 1 is 1.28 bits per heavy atom. The largest absolute Gasteiger partial charge is 0.494 e. The molecule has 1 aromatic heterocycles. The fourth-order valence-corrected chi connectivity index (χ4v) is 2.12. The molecule has 25 heavy (non-hydrogen) atoms. The van der Waals surface area contributed by atoms with Crippen molar-refractivity contribution in [1.82, 2.24) is 10.3 Å². The first-order valence-electron chi connectivity index (χ1n) is 7.57. The molecule has 0 aliphatic rings. The minimum Gasteiger partial charge on any atom is -0.494 e. The summed E-state index contributed by atoms with van der Waals surface area (Å²) in [6.45, 7) is 5.57. The van der Waals surface area contributed by atoms with Crippen LogP contribution in [0.3, 0.4) is 0 Å². The molecule has 2 aromatic rings. The van der Waals surface area contributed by atoms with Crippen molar-refractivity contribution in [3.8, 4) is 11.8 Å². The molecule has 0 saturated carbocycles. The van der Waals surface area contributed by atoms with Gasteiger partial charge in [0.1, 0.15) is 17.4 Å². The first-order valence-corrected chi connectivity index (χ1v) is 7.57. The summed E-state index contributed by atoms with van der Waals surface area (Å²) in [5.74, 6) is -0.274. The van der Waals surface area contributed by atoms with Gasteiger partial charge >= 0.3 is 0 Å². The number of anilines is 2. The van der Waals surface area contributed by atoms with Crippen LogP contribution >= 0.6 is 0 Å². The smallest absolute Gasteiger partial charge is 0.274 e. The van der Waals surface area contributed by atoms with Crippen molar-refractivity contribution in [2.24, 2.45) is 0 Å². The summed E-state index contributed by atoms with van der Waals surface area (Å²) < 4.78 is 18.7. The summed E-state index contributed by atoms with van der Waals surface area (Å²) >= 11 is 0. The summed E-state index contributed by atoms with van der Waals surface area (Å²) in [7, 11) is 1.45. The van der Waals surface area contributed by atoms with Gasteiger partial charge in [-0.25, -0.2) is 9.37 Å². The molecule has 2 N–H and O–H groups in total. The average Bonchev–Trinajstić information content (AvgIpc) is 2.52. The molecule has 0 aliphatic heterocycles. The Hall–Kier alpha value is -3.14. The molecule has 0 bridgehead atoms. The Balaban J connectivity index is 2.34. The van der Waals surface area contributed by atoms with E-state index in [0.717, 1.165) is 6.07 Å². The monoisotopic (exact) mass is 342 g/mol. The van der Waals surface area contributed by atoms with Gasteiger partial charge in [-0.15, -0.1) is 0 Å². The zero-order valence-electron chi connectivity index (χ0n) is 14.5. The predicted octanol–water partition coefficient (Wildman–Crippen LogP) is 3.37. The van der Waals surface area contributed by atoms with Gasteiger partial charge in [0.2, 0.25) is 0 Å². The van der Waals surface area contributed by atoms with Gasteiger partial charge in [0.25, 0.3) is 5.91 Å². The van der Waals surface area contributed by atoms with Crippen molar-refractivity contribution in [2.45, 2.75) is 26.3 Å². The number of nitriles is 1. The Labute approximate surface area is 145 Å². The van der Waals surface area contributed by atoms with Gasteiger partial charge in [0.15, 0.2) is 5.69 Å². The summed E-state index contributed by atoms with van der Waals surface area (Å²) in [6, 6.07) is 8.94. The van der Waals surface area contributed by atoms with Crippen LogP contribution in [0, 0.1) is 17.1 Å². The zero-order chi connectivity index (χ0) is 18.6. The number of halogens is 1. The lowest BCUT2D eigenvalue weighted by Crippen LogP contribution is -2.41. The van der Waals surface area contributed by atoms with Gasteiger partial charge in [0, 0.05) is 11.2 Å². The molecule has 0 fully saturated rings. The van der Waals surface area contributed by atoms with E-state index in [-0.39, 0.29) is 17.2 Å². The Kier molecular flexibility index (Phi) is 5.22. The second kappa shape index (κ2) is 7.18. The number of hydrogen-bond donors (Lipinski definition) is 2. The average molecular weight is 342 g/mol. The van der Waals surface area contributed by atoms with Crippen molar-refractivity contribution in [2.75, 3.05) is 12.4 Å². The lowest BCUT2D eigenvalue weighted by Gasteiger charge is -2.21. The van der Waals surface area contributed by atoms with Gasteiger partial charge < -0.3 is 15.4 Å². The molecule has 0 unspecified atom stereocenters. The van der Waals surface area contributed by atoms with E-state index >= 15 is 0 Å². The van der Waals surface area contributed by atoms with Gasteiger partial charge in [-0.2, -0.15) is 5.26 Å². The lowest BCUT2D eigenvalue weighted by molar-refractivity contribution is 0.0911.